The highest BCUT2D eigenvalue weighted by Gasteiger charge is 2.08. The minimum Gasteiger partial charge on any atom is -0.456 e. The van der Waals surface area contributed by atoms with Gasteiger partial charge in [0.1, 0.15) is 17.3 Å². The van der Waals surface area contributed by atoms with Crippen LogP contribution in [0.3, 0.4) is 0 Å². The third-order valence-corrected chi connectivity index (χ3v) is 3.29. The first-order valence-electron chi connectivity index (χ1n) is 6.64. The molecule has 0 amide bonds. The fraction of sp³-hybridized carbons (Fsp3) is 0.118. The average molecular weight is 282 g/mol. The minimum absolute atomic E-state index is 0.290. The van der Waals surface area contributed by atoms with Gasteiger partial charge in [0.15, 0.2) is 0 Å². The molecule has 1 heterocycles. The van der Waals surface area contributed by atoms with Gasteiger partial charge in [-0.1, -0.05) is 6.07 Å². The van der Waals surface area contributed by atoms with Crippen LogP contribution in [0, 0.1) is 19.7 Å². The van der Waals surface area contributed by atoms with Gasteiger partial charge in [-0.05, 0) is 43.7 Å². The Bertz CT molecular complexity index is 830. The molecule has 0 fully saturated rings. The molecule has 0 aliphatic rings. The van der Waals surface area contributed by atoms with Gasteiger partial charge < -0.3 is 10.5 Å². The lowest BCUT2D eigenvalue weighted by molar-refractivity contribution is 0.480. The molecule has 2 N–H and O–H groups in total. The summed E-state index contributed by atoms with van der Waals surface area (Å²) in [4.78, 5) is 4.44. The maximum atomic E-state index is 13.6. The van der Waals surface area contributed by atoms with E-state index >= 15 is 0 Å². The minimum atomic E-state index is -0.290. The Labute approximate surface area is 122 Å². The summed E-state index contributed by atoms with van der Waals surface area (Å²) in [5, 5.41) is 0.807. The summed E-state index contributed by atoms with van der Waals surface area (Å²) >= 11 is 0. The smallest absolute Gasteiger partial charge is 0.138 e. The number of benzene rings is 2. The lowest BCUT2D eigenvalue weighted by Crippen LogP contribution is -1.93. The second kappa shape index (κ2) is 5.05. The van der Waals surface area contributed by atoms with Crippen molar-refractivity contribution in [3.63, 3.8) is 0 Å². The number of aryl methyl sites for hydroxylation is 2. The number of anilines is 1. The van der Waals surface area contributed by atoms with Crippen molar-refractivity contribution in [3.8, 4) is 11.5 Å². The van der Waals surface area contributed by atoms with E-state index in [0.717, 1.165) is 16.6 Å². The second-order valence-electron chi connectivity index (χ2n) is 5.05. The molecule has 0 radical (unpaired) electrons. The number of nitrogens with zero attached hydrogens (tertiary/aromatic N) is 1. The molecule has 2 aromatic carbocycles. The predicted octanol–water partition coefficient (Wildman–Crippen LogP) is 4.37. The van der Waals surface area contributed by atoms with Crippen LogP contribution in [0.25, 0.3) is 10.9 Å². The Morgan fingerprint density at radius 3 is 2.62 bits per heavy atom. The van der Waals surface area contributed by atoms with E-state index in [4.69, 9.17) is 10.5 Å². The van der Waals surface area contributed by atoms with Crippen LogP contribution in [0.5, 0.6) is 11.5 Å². The van der Waals surface area contributed by atoms with Crippen molar-refractivity contribution < 1.29 is 9.13 Å². The lowest BCUT2D eigenvalue weighted by atomic mass is 10.1. The Morgan fingerprint density at radius 2 is 1.86 bits per heavy atom. The van der Waals surface area contributed by atoms with E-state index in [-0.39, 0.29) is 5.82 Å². The van der Waals surface area contributed by atoms with Gasteiger partial charge >= 0.3 is 0 Å². The maximum Gasteiger partial charge on any atom is 0.138 e. The summed E-state index contributed by atoms with van der Waals surface area (Å²) in [6.45, 7) is 3.60. The Morgan fingerprint density at radius 1 is 1.05 bits per heavy atom. The van der Waals surface area contributed by atoms with Crippen LogP contribution in [0.2, 0.25) is 0 Å². The molecular weight excluding hydrogens is 267 g/mol. The monoisotopic (exact) mass is 282 g/mol. The zero-order valence-corrected chi connectivity index (χ0v) is 11.9. The molecule has 0 atom stereocenters. The Hall–Kier alpha value is -2.62. The molecular formula is C17H15FN2O. The Balaban J connectivity index is 2.10. The third-order valence-electron chi connectivity index (χ3n) is 3.29. The van der Waals surface area contributed by atoms with Crippen molar-refractivity contribution in [3.05, 3.63) is 59.5 Å². The quantitative estimate of drug-likeness (QED) is 0.710. The van der Waals surface area contributed by atoms with Crippen LogP contribution in [0.1, 0.15) is 11.3 Å². The van der Waals surface area contributed by atoms with E-state index in [2.05, 4.69) is 4.98 Å². The predicted molar refractivity (Wildman–Crippen MR) is 82.1 cm³/mol. The van der Waals surface area contributed by atoms with E-state index in [0.29, 0.717) is 22.7 Å². The summed E-state index contributed by atoms with van der Waals surface area (Å²) < 4.78 is 19.5. The molecule has 3 aromatic rings. The fourth-order valence-corrected chi connectivity index (χ4v) is 2.19. The molecule has 1 aromatic heterocycles. The number of aromatic nitrogens is 1. The first-order valence-corrected chi connectivity index (χ1v) is 6.64. The number of rotatable bonds is 2. The fourth-order valence-electron chi connectivity index (χ4n) is 2.19. The molecule has 0 saturated heterocycles. The highest BCUT2D eigenvalue weighted by Crippen LogP contribution is 2.31. The molecule has 21 heavy (non-hydrogen) atoms. The molecule has 0 bridgehead atoms. The van der Waals surface area contributed by atoms with Crippen LogP contribution < -0.4 is 10.5 Å². The van der Waals surface area contributed by atoms with Crippen molar-refractivity contribution in [2.75, 3.05) is 5.73 Å². The normalized spacial score (nSPS) is 10.8. The van der Waals surface area contributed by atoms with Crippen molar-refractivity contribution >= 4 is 16.6 Å². The van der Waals surface area contributed by atoms with E-state index < -0.39 is 0 Å². The van der Waals surface area contributed by atoms with Crippen LogP contribution in [0.4, 0.5) is 10.1 Å². The van der Waals surface area contributed by atoms with E-state index in [1.807, 2.05) is 25.1 Å². The van der Waals surface area contributed by atoms with E-state index in [9.17, 15) is 4.39 Å². The SMILES string of the molecule is Cc1cc(Oc2ccc(C)c(F)c2)c2cc(N)ccc2n1. The van der Waals surface area contributed by atoms with Crippen molar-refractivity contribution in [1.29, 1.82) is 0 Å². The highest BCUT2D eigenvalue weighted by atomic mass is 19.1. The molecule has 0 aliphatic carbocycles. The zero-order chi connectivity index (χ0) is 15.0. The van der Waals surface area contributed by atoms with Gasteiger partial charge in [0.2, 0.25) is 0 Å². The third kappa shape index (κ3) is 2.65. The molecule has 4 heteroatoms. The number of ether oxygens (including phenoxy) is 1. The summed E-state index contributed by atoms with van der Waals surface area (Å²) in [5.74, 6) is 0.780. The first kappa shape index (κ1) is 13.4. The number of fused-ring (bicyclic) bond motifs is 1. The molecule has 0 aliphatic heterocycles. The first-order chi connectivity index (χ1) is 10.0. The molecule has 106 valence electrons. The average Bonchev–Trinajstić information content (AvgIpc) is 2.43. The van der Waals surface area contributed by atoms with Crippen molar-refractivity contribution in [1.82, 2.24) is 4.98 Å². The lowest BCUT2D eigenvalue weighted by Gasteiger charge is -2.11. The molecule has 0 saturated carbocycles. The van der Waals surface area contributed by atoms with Crippen LogP contribution >= 0.6 is 0 Å². The number of nitrogens with two attached hydrogens (primary N) is 1. The standard InChI is InChI=1S/C17H15FN2O/c1-10-3-5-13(9-15(10)18)21-17-7-11(2)20-16-6-4-12(19)8-14(16)17/h3-9H,19H2,1-2H3. The topological polar surface area (TPSA) is 48.1 Å². The molecule has 0 unspecified atom stereocenters. The highest BCUT2D eigenvalue weighted by molar-refractivity contribution is 5.88. The van der Waals surface area contributed by atoms with Gasteiger partial charge in [0.25, 0.3) is 0 Å². The van der Waals surface area contributed by atoms with Crippen molar-refractivity contribution in [2.45, 2.75) is 13.8 Å². The van der Waals surface area contributed by atoms with Crippen LogP contribution in [-0.4, -0.2) is 4.98 Å². The van der Waals surface area contributed by atoms with Gasteiger partial charge in [-0.25, -0.2) is 4.39 Å². The number of pyridine rings is 1. The summed E-state index contributed by atoms with van der Waals surface area (Å²) in [6, 6.07) is 12.1. The summed E-state index contributed by atoms with van der Waals surface area (Å²) in [6.07, 6.45) is 0. The molecule has 3 rings (SSSR count). The summed E-state index contributed by atoms with van der Waals surface area (Å²) in [5.41, 5.74) is 8.67. The molecule has 0 spiro atoms. The van der Waals surface area contributed by atoms with Gasteiger partial charge in [-0.15, -0.1) is 0 Å². The van der Waals surface area contributed by atoms with Gasteiger partial charge in [-0.2, -0.15) is 0 Å². The van der Waals surface area contributed by atoms with Crippen molar-refractivity contribution in [2.24, 2.45) is 0 Å². The van der Waals surface area contributed by atoms with Gasteiger partial charge in [0, 0.05) is 28.9 Å². The van der Waals surface area contributed by atoms with E-state index in [1.165, 1.54) is 6.07 Å². The van der Waals surface area contributed by atoms with E-state index in [1.54, 1.807) is 25.1 Å². The van der Waals surface area contributed by atoms with Gasteiger partial charge in [0.05, 0.1) is 5.52 Å². The van der Waals surface area contributed by atoms with Crippen LogP contribution in [-0.2, 0) is 0 Å². The Kier molecular flexibility index (Phi) is 3.22. The second-order valence-corrected chi connectivity index (χ2v) is 5.05. The van der Waals surface area contributed by atoms with Gasteiger partial charge in [-0.3, -0.25) is 4.98 Å². The summed E-state index contributed by atoms with van der Waals surface area (Å²) in [7, 11) is 0. The number of hydrogen-bond donors (Lipinski definition) is 1. The largest absolute Gasteiger partial charge is 0.456 e. The number of nitrogen functional groups attached to an aromatic ring is 1. The number of hydrogen-bond acceptors (Lipinski definition) is 3. The zero-order valence-electron chi connectivity index (χ0n) is 11.9. The number of halogens is 1. The van der Waals surface area contributed by atoms with Crippen LogP contribution in [0.15, 0.2) is 42.5 Å². The molecule has 3 nitrogen and oxygen atoms in total. The maximum absolute atomic E-state index is 13.6.